The van der Waals surface area contributed by atoms with Crippen molar-refractivity contribution in [2.75, 3.05) is 51.8 Å². The molecule has 2 unspecified atom stereocenters. The van der Waals surface area contributed by atoms with E-state index in [0.29, 0.717) is 0 Å². The monoisotopic (exact) mass is 622 g/mol. The third-order valence-electron chi connectivity index (χ3n) is 6.70. The van der Waals surface area contributed by atoms with Crippen molar-refractivity contribution in [2.45, 2.75) is 67.8 Å². The fourth-order valence-electron chi connectivity index (χ4n) is 4.69. The van der Waals surface area contributed by atoms with Crippen LogP contribution in [0.5, 0.6) is 0 Å². The van der Waals surface area contributed by atoms with E-state index in [1.54, 1.807) is 9.80 Å². The molecular weight excluding hydrogens is 583 g/mol. The standard InChI is InChI=1S/C25H38N6S4.2ClH/c1-30-14-10-12-20(18-30)22-24(28-34-26-22)32-16-8-6-4-3-5-7-9-17-33-25-23(27-35-29-25)21-13-11-15-31(2)19-21;;/h12-13H,3-11,14-19H2,1-2H3;2*1H. The second-order valence-corrected chi connectivity index (χ2v) is 13.0. The van der Waals surface area contributed by atoms with Crippen LogP contribution in [-0.2, 0) is 0 Å². The fourth-order valence-corrected chi connectivity index (χ4v) is 8.11. The summed E-state index contributed by atoms with van der Waals surface area (Å²) < 4.78 is 18.4. The molecule has 0 bridgehead atoms. The third-order valence-corrected chi connectivity index (χ3v) is 10.1. The maximum atomic E-state index is 4.60. The lowest BCUT2D eigenvalue weighted by atomic mass is 10.1. The molecule has 2 aliphatic rings. The lowest BCUT2D eigenvalue weighted by molar-refractivity contribution is -0.872. The van der Waals surface area contributed by atoms with Gasteiger partial charge in [0.2, 0.25) is 0 Å². The van der Waals surface area contributed by atoms with E-state index in [1.165, 1.54) is 92.6 Å². The Hall–Kier alpha value is -0.200. The van der Waals surface area contributed by atoms with Crippen molar-refractivity contribution in [1.29, 1.82) is 0 Å². The third kappa shape index (κ3) is 10.7. The number of thioether (sulfide) groups is 2. The zero-order valence-corrected chi connectivity index (χ0v) is 26.7. The first-order chi connectivity index (χ1) is 17.2. The summed E-state index contributed by atoms with van der Waals surface area (Å²) in [5, 5.41) is 2.31. The Bertz CT molecular complexity index is 904. The molecule has 0 spiro atoms. The van der Waals surface area contributed by atoms with E-state index in [0.717, 1.165) is 58.9 Å². The van der Waals surface area contributed by atoms with Crippen molar-refractivity contribution in [2.24, 2.45) is 0 Å². The van der Waals surface area contributed by atoms with Gasteiger partial charge in [-0.1, -0.05) is 44.3 Å². The number of hydrogen-bond acceptors (Lipinski definition) is 8. The summed E-state index contributed by atoms with van der Waals surface area (Å²) in [5.74, 6) is 2.31. The molecule has 0 aliphatic carbocycles. The summed E-state index contributed by atoms with van der Waals surface area (Å²) in [6.45, 7) is 4.61. The fraction of sp³-hybridized carbons (Fsp3) is 0.680. The van der Waals surface area contributed by atoms with Crippen LogP contribution in [0.1, 0.15) is 69.2 Å². The number of unbranched alkanes of at least 4 members (excludes halogenated alkanes) is 6. The molecule has 4 rings (SSSR count). The van der Waals surface area contributed by atoms with E-state index in [-0.39, 0.29) is 24.8 Å². The van der Waals surface area contributed by atoms with Crippen molar-refractivity contribution in [3.05, 3.63) is 23.5 Å². The summed E-state index contributed by atoms with van der Waals surface area (Å²) in [5.41, 5.74) is 5.10. The van der Waals surface area contributed by atoms with Gasteiger partial charge < -0.3 is 34.6 Å². The Morgan fingerprint density at radius 1 is 0.649 bits per heavy atom. The summed E-state index contributed by atoms with van der Waals surface area (Å²) in [4.78, 5) is 3.14. The number of nitrogens with zero attached hydrogens (tertiary/aromatic N) is 4. The van der Waals surface area contributed by atoms with Gasteiger partial charge in [0.05, 0.1) is 50.6 Å². The van der Waals surface area contributed by atoms with Crippen molar-refractivity contribution in [3.8, 4) is 0 Å². The second-order valence-electron chi connectivity index (χ2n) is 9.81. The molecule has 2 N–H and O–H groups in total. The van der Waals surface area contributed by atoms with Crippen LogP contribution in [0.25, 0.3) is 11.1 Å². The van der Waals surface area contributed by atoms with Crippen molar-refractivity contribution in [1.82, 2.24) is 17.5 Å². The minimum absolute atomic E-state index is 0. The first-order valence-electron chi connectivity index (χ1n) is 13.1. The maximum Gasteiger partial charge on any atom is 0.138 e. The van der Waals surface area contributed by atoms with Crippen LogP contribution in [0.4, 0.5) is 0 Å². The van der Waals surface area contributed by atoms with Gasteiger partial charge in [-0.3, -0.25) is 0 Å². The Balaban J connectivity index is 0.00000241. The molecule has 2 aromatic heterocycles. The van der Waals surface area contributed by atoms with Gasteiger partial charge in [-0.15, -0.1) is 23.5 Å². The van der Waals surface area contributed by atoms with E-state index in [9.17, 15) is 0 Å². The molecule has 2 aromatic rings. The average Bonchev–Trinajstić information content (AvgIpc) is 3.52. The van der Waals surface area contributed by atoms with Gasteiger partial charge in [-0.05, 0) is 24.3 Å². The normalized spacial score (nSPS) is 19.5. The maximum absolute atomic E-state index is 4.60. The molecule has 2 atom stereocenters. The van der Waals surface area contributed by atoms with Crippen molar-refractivity contribution in [3.63, 3.8) is 0 Å². The van der Waals surface area contributed by atoms with Crippen LogP contribution in [0.15, 0.2) is 22.2 Å². The topological polar surface area (TPSA) is 60.4 Å². The molecule has 4 heterocycles. The number of hydrogen-bond donors (Lipinski definition) is 2. The van der Waals surface area contributed by atoms with Crippen LogP contribution in [-0.4, -0.2) is 69.3 Å². The molecule has 12 heteroatoms. The van der Waals surface area contributed by atoms with Crippen LogP contribution >= 0.6 is 47.0 Å². The molecule has 0 amide bonds. The summed E-state index contributed by atoms with van der Waals surface area (Å²) in [7, 11) is 4.53. The number of halogens is 2. The highest BCUT2D eigenvalue weighted by Crippen LogP contribution is 2.29. The Morgan fingerprint density at radius 3 is 1.46 bits per heavy atom. The van der Waals surface area contributed by atoms with E-state index < -0.39 is 0 Å². The predicted molar refractivity (Wildman–Crippen MR) is 152 cm³/mol. The molecule has 37 heavy (non-hydrogen) atoms. The number of quaternary nitrogens is 2. The first kappa shape index (κ1) is 33.0. The van der Waals surface area contributed by atoms with E-state index in [2.05, 4.69) is 43.7 Å². The van der Waals surface area contributed by atoms with Gasteiger partial charge in [-0.2, -0.15) is 17.5 Å². The summed E-state index contributed by atoms with van der Waals surface area (Å²) >= 11 is 6.54. The first-order valence-corrected chi connectivity index (χ1v) is 16.6. The SMILES string of the molecule is C[NH+]1CCC=C(c2nsnc2SCCCCCCCCCSc2nsnc2C2=CCC[NH+](C)C2)C1.[Cl-].[Cl-]. The Kier molecular flexibility index (Phi) is 16.2. The Labute approximate surface area is 252 Å². The lowest BCUT2D eigenvalue weighted by Gasteiger charge is -2.19. The van der Waals surface area contributed by atoms with Crippen LogP contribution in [0.2, 0.25) is 0 Å². The smallest absolute Gasteiger partial charge is 0.138 e. The molecule has 208 valence electrons. The Morgan fingerprint density at radius 2 is 1.05 bits per heavy atom. The second kappa shape index (κ2) is 18.2. The van der Waals surface area contributed by atoms with Gasteiger partial charge in [0.1, 0.15) is 34.5 Å². The van der Waals surface area contributed by atoms with Crippen molar-refractivity contribution >= 4 is 58.1 Å². The van der Waals surface area contributed by atoms with E-state index >= 15 is 0 Å². The predicted octanol–water partition coefficient (Wildman–Crippen LogP) is -2.38. The van der Waals surface area contributed by atoms with Gasteiger partial charge in [0.15, 0.2) is 0 Å². The minimum atomic E-state index is 0. The van der Waals surface area contributed by atoms with Crippen molar-refractivity contribution < 1.29 is 34.6 Å². The highest BCUT2D eigenvalue weighted by molar-refractivity contribution is 7.99. The number of nitrogens with one attached hydrogen (secondary N) is 2. The van der Waals surface area contributed by atoms with Gasteiger partial charge >= 0.3 is 0 Å². The zero-order valence-electron chi connectivity index (χ0n) is 21.9. The molecular formula is C25H40Cl2N6S4. The average molecular weight is 624 g/mol. The summed E-state index contributed by atoms with van der Waals surface area (Å²) in [6.07, 6.45) is 16.3. The van der Waals surface area contributed by atoms with E-state index in [1.807, 2.05) is 23.5 Å². The number of rotatable bonds is 14. The van der Waals surface area contributed by atoms with Gasteiger partial charge in [0, 0.05) is 24.0 Å². The molecule has 2 aliphatic heterocycles. The highest BCUT2D eigenvalue weighted by Gasteiger charge is 2.21. The molecule has 0 saturated heterocycles. The van der Waals surface area contributed by atoms with Gasteiger partial charge in [-0.25, -0.2) is 0 Å². The quantitative estimate of drug-likeness (QED) is 0.181. The van der Waals surface area contributed by atoms with Gasteiger partial charge in [0.25, 0.3) is 0 Å². The number of aromatic nitrogens is 4. The zero-order chi connectivity index (χ0) is 24.3. The van der Waals surface area contributed by atoms with E-state index in [4.69, 9.17) is 0 Å². The molecule has 6 nitrogen and oxygen atoms in total. The molecule has 0 saturated carbocycles. The van der Waals surface area contributed by atoms with Crippen LogP contribution in [0.3, 0.4) is 0 Å². The molecule has 0 aromatic carbocycles. The van der Waals surface area contributed by atoms with Crippen LogP contribution < -0.4 is 34.6 Å². The van der Waals surface area contributed by atoms with Crippen LogP contribution in [0, 0.1) is 0 Å². The largest absolute Gasteiger partial charge is 1.00 e. The lowest BCUT2D eigenvalue weighted by Crippen LogP contribution is -3.09. The minimum Gasteiger partial charge on any atom is -1.00 e. The number of likely N-dealkylation sites (N-methyl/N-ethyl adjacent to an activating group) is 2. The highest BCUT2D eigenvalue weighted by atomic mass is 35.5. The molecule has 0 radical (unpaired) electrons. The summed E-state index contributed by atoms with van der Waals surface area (Å²) in [6, 6.07) is 0. The molecule has 0 fully saturated rings.